The summed E-state index contributed by atoms with van der Waals surface area (Å²) in [5, 5.41) is 0. The molecule has 1 nitrogen and oxygen atoms in total. The minimum Gasteiger partial charge on any atom is -0.298 e. The average Bonchev–Trinajstić information content (AvgIpc) is 2.28. The van der Waals surface area contributed by atoms with Crippen molar-refractivity contribution >= 4 is 5.78 Å². The van der Waals surface area contributed by atoms with Gasteiger partial charge in [-0.1, -0.05) is 40.5 Å². The molecule has 2 saturated carbocycles. The Morgan fingerprint density at radius 2 is 1.29 bits per heavy atom. The van der Waals surface area contributed by atoms with E-state index in [1.54, 1.807) is 0 Å². The molecule has 14 heavy (non-hydrogen) atoms. The van der Waals surface area contributed by atoms with Crippen LogP contribution < -0.4 is 0 Å². The van der Waals surface area contributed by atoms with Crippen molar-refractivity contribution in [1.29, 1.82) is 0 Å². The van der Waals surface area contributed by atoms with Gasteiger partial charge in [0.2, 0.25) is 0 Å². The van der Waals surface area contributed by atoms with Gasteiger partial charge in [-0.15, -0.1) is 0 Å². The second-order valence-electron chi connectivity index (χ2n) is 6.27. The predicted molar refractivity (Wildman–Crippen MR) is 58.0 cm³/mol. The van der Waals surface area contributed by atoms with Crippen molar-refractivity contribution in [2.45, 2.75) is 53.4 Å². The molecular weight excluding hydrogens is 172 g/mol. The minimum absolute atomic E-state index is 0.0609. The molecule has 0 saturated heterocycles. The second kappa shape index (κ2) is 2.84. The van der Waals surface area contributed by atoms with Gasteiger partial charge in [0.1, 0.15) is 5.78 Å². The van der Waals surface area contributed by atoms with Gasteiger partial charge in [-0.3, -0.25) is 4.79 Å². The SMILES string of the molecule is CC1(C)C(=O)C(C)(C)C2CCCCC21. The molecule has 0 radical (unpaired) electrons. The Morgan fingerprint density at radius 3 is 1.64 bits per heavy atom. The lowest BCUT2D eigenvalue weighted by Gasteiger charge is -2.35. The summed E-state index contributed by atoms with van der Waals surface area (Å²) in [6.45, 7) is 8.64. The van der Waals surface area contributed by atoms with Crippen LogP contribution in [0.5, 0.6) is 0 Å². The van der Waals surface area contributed by atoms with E-state index in [2.05, 4.69) is 27.7 Å². The predicted octanol–water partition coefficient (Wildman–Crippen LogP) is 3.43. The summed E-state index contributed by atoms with van der Waals surface area (Å²) in [6.07, 6.45) is 5.20. The number of hydrogen-bond acceptors (Lipinski definition) is 1. The molecule has 0 aromatic heterocycles. The summed E-state index contributed by atoms with van der Waals surface area (Å²) in [5.74, 6) is 1.81. The van der Waals surface area contributed by atoms with E-state index in [1.165, 1.54) is 25.7 Å². The molecule has 1 heteroatoms. The maximum Gasteiger partial charge on any atom is 0.144 e. The molecule has 0 spiro atoms. The zero-order valence-electron chi connectivity index (χ0n) is 9.89. The highest BCUT2D eigenvalue weighted by Crippen LogP contribution is 2.58. The first-order valence-electron chi connectivity index (χ1n) is 5.93. The number of carbonyl (C=O) groups excluding carboxylic acids is 1. The zero-order valence-corrected chi connectivity index (χ0v) is 9.89. The number of hydrogen-bond donors (Lipinski definition) is 0. The first-order valence-corrected chi connectivity index (χ1v) is 5.93. The Balaban J connectivity index is 2.39. The molecule has 2 aliphatic rings. The fraction of sp³-hybridized carbons (Fsp3) is 0.923. The van der Waals surface area contributed by atoms with Crippen LogP contribution in [0.3, 0.4) is 0 Å². The van der Waals surface area contributed by atoms with E-state index < -0.39 is 0 Å². The molecule has 0 bridgehead atoms. The summed E-state index contributed by atoms with van der Waals surface area (Å²) < 4.78 is 0. The van der Waals surface area contributed by atoms with Crippen molar-refractivity contribution in [3.63, 3.8) is 0 Å². The summed E-state index contributed by atoms with van der Waals surface area (Å²) in [7, 11) is 0. The summed E-state index contributed by atoms with van der Waals surface area (Å²) in [5.41, 5.74) is -0.122. The van der Waals surface area contributed by atoms with Gasteiger partial charge in [-0.2, -0.15) is 0 Å². The summed E-state index contributed by atoms with van der Waals surface area (Å²) in [4.78, 5) is 12.3. The molecule has 0 N–H and O–H groups in total. The number of carbonyl (C=O) groups is 1. The van der Waals surface area contributed by atoms with Crippen molar-refractivity contribution in [1.82, 2.24) is 0 Å². The van der Waals surface area contributed by atoms with Crippen LogP contribution in [0.15, 0.2) is 0 Å². The number of fused-ring (bicyclic) bond motifs is 1. The molecule has 0 heterocycles. The van der Waals surface area contributed by atoms with Crippen LogP contribution in [0.4, 0.5) is 0 Å². The molecule has 0 aromatic rings. The highest BCUT2D eigenvalue weighted by Gasteiger charge is 2.58. The molecular formula is C13H22O. The molecule has 2 aliphatic carbocycles. The van der Waals surface area contributed by atoms with Crippen molar-refractivity contribution in [3.05, 3.63) is 0 Å². The third-order valence-corrected chi connectivity index (χ3v) is 4.79. The second-order valence-corrected chi connectivity index (χ2v) is 6.27. The van der Waals surface area contributed by atoms with Crippen LogP contribution in [0.1, 0.15) is 53.4 Å². The van der Waals surface area contributed by atoms with Gasteiger partial charge in [0.05, 0.1) is 0 Å². The third-order valence-electron chi connectivity index (χ3n) is 4.79. The quantitative estimate of drug-likeness (QED) is 0.577. The van der Waals surface area contributed by atoms with Gasteiger partial charge in [0, 0.05) is 10.8 Å². The Bertz CT molecular complexity index is 236. The highest BCUT2D eigenvalue weighted by molar-refractivity contribution is 5.92. The van der Waals surface area contributed by atoms with Crippen molar-refractivity contribution in [2.75, 3.05) is 0 Å². The Kier molecular flexibility index (Phi) is 2.06. The lowest BCUT2D eigenvalue weighted by molar-refractivity contribution is -0.132. The van der Waals surface area contributed by atoms with E-state index in [0.29, 0.717) is 17.6 Å². The molecule has 2 unspecified atom stereocenters. The van der Waals surface area contributed by atoms with Gasteiger partial charge in [0.15, 0.2) is 0 Å². The highest BCUT2D eigenvalue weighted by atomic mass is 16.1. The minimum atomic E-state index is -0.0609. The largest absolute Gasteiger partial charge is 0.298 e. The van der Waals surface area contributed by atoms with Crippen molar-refractivity contribution in [3.8, 4) is 0 Å². The first-order chi connectivity index (χ1) is 6.38. The Morgan fingerprint density at radius 1 is 0.929 bits per heavy atom. The van der Waals surface area contributed by atoms with E-state index in [1.807, 2.05) is 0 Å². The smallest absolute Gasteiger partial charge is 0.144 e. The van der Waals surface area contributed by atoms with Crippen LogP contribution in [-0.2, 0) is 4.79 Å². The van der Waals surface area contributed by atoms with Crippen LogP contribution in [-0.4, -0.2) is 5.78 Å². The summed E-state index contributed by atoms with van der Waals surface area (Å²) >= 11 is 0. The average molecular weight is 194 g/mol. The van der Waals surface area contributed by atoms with E-state index >= 15 is 0 Å². The van der Waals surface area contributed by atoms with Crippen LogP contribution >= 0.6 is 0 Å². The van der Waals surface area contributed by atoms with E-state index in [4.69, 9.17) is 0 Å². The molecule has 2 rings (SSSR count). The zero-order chi connectivity index (χ0) is 10.6. The molecule has 0 aromatic carbocycles. The van der Waals surface area contributed by atoms with Crippen LogP contribution in [0.25, 0.3) is 0 Å². The molecule has 0 amide bonds. The van der Waals surface area contributed by atoms with Gasteiger partial charge in [-0.05, 0) is 24.7 Å². The maximum absolute atomic E-state index is 12.3. The van der Waals surface area contributed by atoms with Gasteiger partial charge in [-0.25, -0.2) is 0 Å². The molecule has 0 aliphatic heterocycles. The third kappa shape index (κ3) is 1.11. The number of Topliss-reactive ketones (excluding diaryl/α,β-unsaturated/α-hetero) is 1. The standard InChI is InChI=1S/C13H22O/c1-12(2)9-7-5-6-8-10(9)13(3,4)11(12)14/h9-10H,5-8H2,1-4H3. The number of rotatable bonds is 0. The molecule has 2 atom stereocenters. The van der Waals surface area contributed by atoms with E-state index in [9.17, 15) is 4.79 Å². The maximum atomic E-state index is 12.3. The fourth-order valence-electron chi connectivity index (χ4n) is 4.03. The van der Waals surface area contributed by atoms with Gasteiger partial charge in [0.25, 0.3) is 0 Å². The Hall–Kier alpha value is -0.330. The van der Waals surface area contributed by atoms with E-state index in [0.717, 1.165) is 0 Å². The van der Waals surface area contributed by atoms with Crippen molar-refractivity contribution in [2.24, 2.45) is 22.7 Å². The van der Waals surface area contributed by atoms with Gasteiger partial charge < -0.3 is 0 Å². The Labute approximate surface area is 87.3 Å². The van der Waals surface area contributed by atoms with E-state index in [-0.39, 0.29) is 10.8 Å². The lowest BCUT2D eigenvalue weighted by Crippen LogP contribution is -2.29. The molecule has 2 fully saturated rings. The van der Waals surface area contributed by atoms with Gasteiger partial charge >= 0.3 is 0 Å². The summed E-state index contributed by atoms with van der Waals surface area (Å²) in [6, 6.07) is 0. The number of ketones is 1. The molecule has 80 valence electrons. The topological polar surface area (TPSA) is 17.1 Å². The van der Waals surface area contributed by atoms with Crippen molar-refractivity contribution < 1.29 is 4.79 Å². The van der Waals surface area contributed by atoms with Crippen LogP contribution in [0.2, 0.25) is 0 Å². The van der Waals surface area contributed by atoms with Crippen LogP contribution in [0, 0.1) is 22.7 Å². The monoisotopic (exact) mass is 194 g/mol. The lowest BCUT2D eigenvalue weighted by atomic mass is 9.69. The normalized spacial score (nSPS) is 39.6. The first kappa shape index (κ1) is 10.2. The fourth-order valence-corrected chi connectivity index (χ4v) is 4.03.